The fourth-order valence-corrected chi connectivity index (χ4v) is 5.04. The van der Waals surface area contributed by atoms with Crippen LogP contribution in [-0.2, 0) is 32.2 Å². The largest absolute Gasteiger partial charge is 0.481 e. The van der Waals surface area contributed by atoms with E-state index in [1.54, 1.807) is 0 Å². The zero-order valence-corrected chi connectivity index (χ0v) is 21.8. The van der Waals surface area contributed by atoms with Crippen molar-refractivity contribution in [3.63, 3.8) is 0 Å². The zero-order chi connectivity index (χ0) is 27.1. The lowest BCUT2D eigenvalue weighted by molar-refractivity contribution is -0.276. The van der Waals surface area contributed by atoms with Gasteiger partial charge < -0.3 is 30.1 Å². The summed E-state index contributed by atoms with van der Waals surface area (Å²) in [7, 11) is 0. The molecule has 0 radical (unpaired) electrons. The van der Waals surface area contributed by atoms with Crippen LogP contribution < -0.4 is 5.32 Å². The Balaban J connectivity index is 1.43. The summed E-state index contributed by atoms with van der Waals surface area (Å²) in [5.74, 6) is -1.01. The number of nitrogens with zero attached hydrogens (tertiary/aromatic N) is 1. The van der Waals surface area contributed by atoms with E-state index < -0.39 is 12.3 Å². The van der Waals surface area contributed by atoms with Crippen molar-refractivity contribution in [2.45, 2.75) is 70.4 Å². The highest BCUT2D eigenvalue weighted by Gasteiger charge is 2.39. The van der Waals surface area contributed by atoms with Crippen LogP contribution in [-0.4, -0.2) is 63.9 Å². The Kier molecular flexibility index (Phi) is 9.87. The molecule has 9 nitrogen and oxygen atoms in total. The van der Waals surface area contributed by atoms with E-state index >= 15 is 0 Å². The first-order valence-electron chi connectivity index (χ1n) is 13.3. The van der Waals surface area contributed by atoms with Gasteiger partial charge in [0.1, 0.15) is 0 Å². The van der Waals surface area contributed by atoms with E-state index in [9.17, 15) is 19.8 Å². The molecule has 2 saturated heterocycles. The Labute approximate surface area is 223 Å². The molecule has 2 aromatic rings. The SMILES string of the molecule is CC1C(CN2CCC(O)C2)OC(c2ccc(CNC(=O)CCCC(=O)O)cc2)OC1c1ccc(CO)cc1. The zero-order valence-electron chi connectivity index (χ0n) is 21.8. The lowest BCUT2D eigenvalue weighted by Gasteiger charge is -2.42. The average molecular weight is 527 g/mol. The maximum atomic E-state index is 12.0. The molecule has 206 valence electrons. The predicted molar refractivity (Wildman–Crippen MR) is 140 cm³/mol. The van der Waals surface area contributed by atoms with E-state index in [1.807, 2.05) is 48.5 Å². The number of amides is 1. The highest BCUT2D eigenvalue weighted by molar-refractivity contribution is 5.76. The number of rotatable bonds is 11. The van der Waals surface area contributed by atoms with Crippen LogP contribution in [0.5, 0.6) is 0 Å². The number of carboxylic acids is 1. The smallest absolute Gasteiger partial charge is 0.303 e. The van der Waals surface area contributed by atoms with Crippen molar-refractivity contribution < 1.29 is 34.4 Å². The molecule has 0 bridgehead atoms. The summed E-state index contributed by atoms with van der Waals surface area (Å²) in [6, 6.07) is 15.5. The summed E-state index contributed by atoms with van der Waals surface area (Å²) in [5.41, 5.74) is 3.66. The quantitative estimate of drug-likeness (QED) is 0.352. The van der Waals surface area contributed by atoms with Crippen LogP contribution in [0.2, 0.25) is 0 Å². The minimum Gasteiger partial charge on any atom is -0.481 e. The second kappa shape index (κ2) is 13.3. The first-order chi connectivity index (χ1) is 18.3. The van der Waals surface area contributed by atoms with E-state index in [1.165, 1.54) is 0 Å². The van der Waals surface area contributed by atoms with E-state index in [0.717, 1.165) is 35.2 Å². The molecule has 2 fully saturated rings. The topological polar surface area (TPSA) is 129 Å². The Morgan fingerprint density at radius 1 is 1.00 bits per heavy atom. The van der Waals surface area contributed by atoms with Gasteiger partial charge in [-0.25, -0.2) is 0 Å². The number of β-amino-alcohol motifs (C(OH)–C–C–N with tert-alkyl or cyclic N) is 1. The number of aliphatic hydroxyl groups excluding tert-OH is 2. The first kappa shape index (κ1) is 28.2. The third-order valence-corrected chi connectivity index (χ3v) is 7.35. The number of aliphatic carboxylic acids is 1. The molecular formula is C29H38N2O7. The number of hydrogen-bond acceptors (Lipinski definition) is 7. The summed E-state index contributed by atoms with van der Waals surface area (Å²) in [5, 5.41) is 31.0. The molecule has 2 aliphatic heterocycles. The summed E-state index contributed by atoms with van der Waals surface area (Å²) >= 11 is 0. The van der Waals surface area contributed by atoms with Crippen LogP contribution >= 0.6 is 0 Å². The van der Waals surface area contributed by atoms with Gasteiger partial charge in [-0.05, 0) is 29.5 Å². The number of aliphatic hydroxyl groups is 2. The highest BCUT2D eigenvalue weighted by Crippen LogP contribution is 2.42. The third-order valence-electron chi connectivity index (χ3n) is 7.35. The Morgan fingerprint density at radius 2 is 1.68 bits per heavy atom. The van der Waals surface area contributed by atoms with Crippen molar-refractivity contribution in [1.82, 2.24) is 10.2 Å². The molecule has 9 heteroatoms. The number of benzene rings is 2. The number of carboxylic acid groups (broad SMARTS) is 1. The third kappa shape index (κ3) is 7.61. The standard InChI is InChI=1S/C29H38N2O7/c1-19-25(17-31-14-13-24(33)16-31)37-29(38-28(19)22-9-7-21(18-32)8-10-22)23-11-5-20(6-12-23)15-30-26(34)3-2-4-27(35)36/h5-12,19,24-25,28-29,32-33H,2-4,13-18H2,1H3,(H,30,34)(H,35,36). The Morgan fingerprint density at radius 3 is 2.32 bits per heavy atom. The number of likely N-dealkylation sites (tertiary alicyclic amines) is 1. The van der Waals surface area contributed by atoms with Gasteiger partial charge >= 0.3 is 5.97 Å². The molecule has 4 rings (SSSR count). The van der Waals surface area contributed by atoms with Crippen molar-refractivity contribution in [1.29, 1.82) is 0 Å². The van der Waals surface area contributed by atoms with Crippen LogP contribution in [0.25, 0.3) is 0 Å². The molecule has 5 atom stereocenters. The van der Waals surface area contributed by atoms with E-state index in [4.69, 9.17) is 14.6 Å². The maximum absolute atomic E-state index is 12.0. The molecule has 0 spiro atoms. The van der Waals surface area contributed by atoms with Gasteiger partial charge in [0.2, 0.25) is 5.91 Å². The van der Waals surface area contributed by atoms with Gasteiger partial charge in [0.25, 0.3) is 0 Å². The van der Waals surface area contributed by atoms with E-state index in [2.05, 4.69) is 17.1 Å². The highest BCUT2D eigenvalue weighted by atomic mass is 16.7. The lowest BCUT2D eigenvalue weighted by atomic mass is 9.90. The van der Waals surface area contributed by atoms with Crippen molar-refractivity contribution in [2.75, 3.05) is 19.6 Å². The lowest BCUT2D eigenvalue weighted by Crippen LogP contribution is -2.44. The summed E-state index contributed by atoms with van der Waals surface area (Å²) < 4.78 is 13.0. The normalized spacial score (nSPS) is 25.8. The average Bonchev–Trinajstić information content (AvgIpc) is 3.33. The molecule has 0 aromatic heterocycles. The molecule has 5 unspecified atom stereocenters. The second-order valence-corrected chi connectivity index (χ2v) is 10.3. The van der Waals surface area contributed by atoms with Crippen molar-refractivity contribution in [2.24, 2.45) is 5.92 Å². The van der Waals surface area contributed by atoms with Crippen molar-refractivity contribution in [3.8, 4) is 0 Å². The fourth-order valence-electron chi connectivity index (χ4n) is 5.04. The fraction of sp³-hybridized carbons (Fsp3) is 0.517. The van der Waals surface area contributed by atoms with E-state index in [-0.39, 0.29) is 49.6 Å². The van der Waals surface area contributed by atoms with Crippen LogP contribution in [0.4, 0.5) is 0 Å². The second-order valence-electron chi connectivity index (χ2n) is 10.3. The molecule has 4 N–H and O–H groups in total. The minimum absolute atomic E-state index is 0.0118. The van der Waals surface area contributed by atoms with Crippen LogP contribution in [0.3, 0.4) is 0 Å². The Hall–Kier alpha value is -2.82. The molecule has 2 heterocycles. The number of ether oxygens (including phenoxy) is 2. The van der Waals surface area contributed by atoms with Gasteiger partial charge in [0.15, 0.2) is 6.29 Å². The number of nitrogens with one attached hydrogen (secondary N) is 1. The molecule has 2 aliphatic rings. The summed E-state index contributed by atoms with van der Waals surface area (Å²) in [4.78, 5) is 24.8. The van der Waals surface area contributed by atoms with Crippen molar-refractivity contribution in [3.05, 3.63) is 70.8 Å². The van der Waals surface area contributed by atoms with Crippen LogP contribution in [0.15, 0.2) is 48.5 Å². The molecule has 38 heavy (non-hydrogen) atoms. The number of carbonyl (C=O) groups is 2. The Bertz CT molecular complexity index is 1060. The number of hydrogen-bond donors (Lipinski definition) is 4. The first-order valence-corrected chi connectivity index (χ1v) is 13.3. The van der Waals surface area contributed by atoms with Gasteiger partial charge in [-0.1, -0.05) is 55.5 Å². The van der Waals surface area contributed by atoms with Crippen LogP contribution in [0.1, 0.15) is 67.3 Å². The van der Waals surface area contributed by atoms with Gasteiger partial charge in [0.05, 0.1) is 24.9 Å². The van der Waals surface area contributed by atoms with Crippen LogP contribution in [0, 0.1) is 5.92 Å². The molecule has 1 amide bonds. The number of carbonyl (C=O) groups excluding carboxylic acids is 1. The molecular weight excluding hydrogens is 488 g/mol. The minimum atomic E-state index is -0.903. The van der Waals surface area contributed by atoms with E-state index in [0.29, 0.717) is 26.1 Å². The van der Waals surface area contributed by atoms with Gasteiger partial charge in [-0.15, -0.1) is 0 Å². The summed E-state index contributed by atoms with van der Waals surface area (Å²) in [6.07, 6.45) is 0.0613. The summed E-state index contributed by atoms with van der Waals surface area (Å²) in [6.45, 7) is 4.66. The molecule has 0 aliphatic carbocycles. The predicted octanol–water partition coefficient (Wildman–Crippen LogP) is 2.91. The monoisotopic (exact) mass is 526 g/mol. The van der Waals surface area contributed by atoms with Gasteiger partial charge in [-0.2, -0.15) is 0 Å². The molecule has 2 aromatic carbocycles. The maximum Gasteiger partial charge on any atom is 0.303 e. The van der Waals surface area contributed by atoms with Gasteiger partial charge in [-0.3, -0.25) is 14.5 Å². The molecule has 0 saturated carbocycles. The van der Waals surface area contributed by atoms with Crippen molar-refractivity contribution >= 4 is 11.9 Å². The van der Waals surface area contributed by atoms with Gasteiger partial charge in [0, 0.05) is 50.5 Å².